The molecule has 0 radical (unpaired) electrons. The first-order valence-electron chi connectivity index (χ1n) is 14.5. The van der Waals surface area contributed by atoms with E-state index in [2.05, 4.69) is 10.6 Å². The van der Waals surface area contributed by atoms with Crippen LogP contribution in [0.1, 0.15) is 38.3 Å². The van der Waals surface area contributed by atoms with E-state index in [1.54, 1.807) is 39.2 Å². The highest BCUT2D eigenvalue weighted by atomic mass is 32.2. The number of anilines is 2. The van der Waals surface area contributed by atoms with E-state index < -0.39 is 79.8 Å². The van der Waals surface area contributed by atoms with E-state index in [0.29, 0.717) is 17.5 Å². The Kier molecular flexibility index (Phi) is 10.3. The molecular formula is C30H43N5O11S. The van der Waals surface area contributed by atoms with E-state index in [4.69, 9.17) is 10.3 Å². The minimum atomic E-state index is -3.67. The molecule has 0 heterocycles. The molecule has 9 N–H and O–H groups in total. The van der Waals surface area contributed by atoms with Crippen molar-refractivity contribution in [1.29, 1.82) is 0 Å². The highest BCUT2D eigenvalue weighted by Gasteiger charge is 2.64. The number of aliphatic hydroxyl groups excluding tert-OH is 2. The number of Topliss-reactive ketones (excluding diaryl/α,β-unsaturated/α-hetero) is 2. The summed E-state index contributed by atoms with van der Waals surface area (Å²) >= 11 is 0. The molecule has 260 valence electrons. The molecule has 0 spiro atoms. The zero-order chi connectivity index (χ0) is 36.1. The fourth-order valence-corrected chi connectivity index (χ4v) is 6.33. The number of rotatable bonds is 6. The normalized spacial score (nSPS) is 24.2. The Morgan fingerprint density at radius 3 is 2.13 bits per heavy atom. The molecule has 4 atom stereocenters. The van der Waals surface area contributed by atoms with E-state index >= 15 is 0 Å². The van der Waals surface area contributed by atoms with Gasteiger partial charge in [0.2, 0.25) is 11.7 Å². The van der Waals surface area contributed by atoms with Gasteiger partial charge in [0.05, 0.1) is 30.1 Å². The Labute approximate surface area is 272 Å². The standard InChI is InChI=1S/C29H39N5O8.CH4O3S/c1-28(2,3)31-11-17(35)32-15-10-16(33(4)5)13-8-12-9-14-21(34(6)7)24(38)20(27(30)41)26(40)29(14,42)25(39)18(12)23(37)19(13)22(15)36;1-5(2,3)4/h10,12,14,21,31,36-37,40,42H,8-9,11H2,1-7H3,(H2,30,41)(H,32,35);1H3,(H,2,3,4). The molecule has 1 saturated carbocycles. The number of fused-ring (bicyclic) bond motifs is 3. The van der Waals surface area contributed by atoms with Crippen molar-refractivity contribution in [2.75, 3.05) is 51.2 Å². The number of nitrogens with two attached hydrogens (primary N) is 1. The summed E-state index contributed by atoms with van der Waals surface area (Å²) in [6.07, 6.45) is 0.832. The highest BCUT2D eigenvalue weighted by molar-refractivity contribution is 7.85. The maximum absolute atomic E-state index is 14.0. The minimum absolute atomic E-state index is 0.00158. The third-order valence-electron chi connectivity index (χ3n) is 8.23. The van der Waals surface area contributed by atoms with Gasteiger partial charge in [0.25, 0.3) is 16.0 Å². The van der Waals surface area contributed by atoms with Crippen LogP contribution in [0.2, 0.25) is 0 Å². The minimum Gasteiger partial charge on any atom is -0.508 e. The number of aliphatic hydroxyl groups is 3. The van der Waals surface area contributed by atoms with Crippen molar-refractivity contribution in [1.82, 2.24) is 10.2 Å². The zero-order valence-corrected chi connectivity index (χ0v) is 28.3. The molecule has 4 rings (SSSR count). The molecule has 3 aliphatic carbocycles. The highest BCUT2D eigenvalue weighted by Crippen LogP contribution is 2.54. The molecule has 16 nitrogen and oxygen atoms in total. The number of phenolic OH excluding ortho intramolecular Hbond substituents is 1. The van der Waals surface area contributed by atoms with Crippen molar-refractivity contribution in [2.45, 2.75) is 50.8 Å². The topological polar surface area (TPSA) is 260 Å². The second-order valence-electron chi connectivity index (χ2n) is 13.4. The molecule has 47 heavy (non-hydrogen) atoms. The van der Waals surface area contributed by atoms with Gasteiger partial charge in [0.1, 0.15) is 22.8 Å². The number of carbonyl (C=O) groups is 4. The number of hydrogen-bond donors (Lipinski definition) is 8. The van der Waals surface area contributed by atoms with Gasteiger partial charge >= 0.3 is 0 Å². The fourth-order valence-electron chi connectivity index (χ4n) is 6.33. The van der Waals surface area contributed by atoms with Gasteiger partial charge < -0.3 is 41.7 Å². The lowest BCUT2D eigenvalue weighted by Crippen LogP contribution is -2.65. The smallest absolute Gasteiger partial charge is 0.261 e. The predicted octanol–water partition coefficient (Wildman–Crippen LogP) is -0.139. The summed E-state index contributed by atoms with van der Waals surface area (Å²) in [5.41, 5.74) is 2.11. The summed E-state index contributed by atoms with van der Waals surface area (Å²) in [7, 11) is 2.91. The van der Waals surface area contributed by atoms with Crippen LogP contribution in [0.15, 0.2) is 23.0 Å². The Bertz CT molecular complexity index is 1680. The Morgan fingerprint density at radius 1 is 1.11 bits per heavy atom. The fraction of sp³-hybridized carbons (Fsp3) is 0.533. The second-order valence-corrected chi connectivity index (χ2v) is 14.9. The maximum Gasteiger partial charge on any atom is 0.261 e. The number of benzene rings is 1. The van der Waals surface area contributed by atoms with Crippen LogP contribution >= 0.6 is 0 Å². The molecule has 1 fully saturated rings. The number of nitrogens with zero attached hydrogens (tertiary/aromatic N) is 2. The van der Waals surface area contributed by atoms with Gasteiger partial charge in [-0.3, -0.25) is 28.6 Å². The number of nitrogens with one attached hydrogen (secondary N) is 2. The first-order chi connectivity index (χ1) is 21.3. The van der Waals surface area contributed by atoms with E-state index in [9.17, 15) is 48.0 Å². The molecule has 3 aliphatic rings. The molecule has 0 aromatic heterocycles. The number of likely N-dealkylation sites (N-methyl/N-ethyl adjacent to an activating group) is 1. The zero-order valence-electron chi connectivity index (χ0n) is 27.5. The van der Waals surface area contributed by atoms with Crippen LogP contribution in [-0.4, -0.2) is 120 Å². The van der Waals surface area contributed by atoms with Gasteiger partial charge in [-0.15, -0.1) is 0 Å². The van der Waals surface area contributed by atoms with E-state index in [-0.39, 0.29) is 41.7 Å². The number of ketones is 2. The molecule has 17 heteroatoms. The first kappa shape index (κ1) is 37.4. The second kappa shape index (κ2) is 12.9. The van der Waals surface area contributed by atoms with Gasteiger partial charge in [-0.2, -0.15) is 8.42 Å². The summed E-state index contributed by atoms with van der Waals surface area (Å²) in [5, 5.41) is 51.3. The molecule has 0 aliphatic heterocycles. The lowest BCUT2D eigenvalue weighted by Gasteiger charge is -2.50. The van der Waals surface area contributed by atoms with E-state index in [1.807, 2.05) is 20.8 Å². The summed E-state index contributed by atoms with van der Waals surface area (Å²) < 4.78 is 25.9. The van der Waals surface area contributed by atoms with Crippen LogP contribution < -0.4 is 21.3 Å². The summed E-state index contributed by atoms with van der Waals surface area (Å²) in [4.78, 5) is 55.3. The molecule has 0 bridgehead atoms. The van der Waals surface area contributed by atoms with Crippen molar-refractivity contribution in [2.24, 2.45) is 17.6 Å². The number of hydrogen-bond acceptors (Lipinski definition) is 13. The van der Waals surface area contributed by atoms with Crippen LogP contribution in [0.5, 0.6) is 5.75 Å². The Morgan fingerprint density at radius 2 is 1.66 bits per heavy atom. The van der Waals surface area contributed by atoms with Crippen molar-refractivity contribution >= 4 is 50.6 Å². The van der Waals surface area contributed by atoms with E-state index in [1.165, 1.54) is 4.90 Å². The van der Waals surface area contributed by atoms with Gasteiger partial charge in [0.15, 0.2) is 11.4 Å². The van der Waals surface area contributed by atoms with Crippen molar-refractivity contribution in [3.63, 3.8) is 0 Å². The van der Waals surface area contributed by atoms with Crippen LogP contribution in [0, 0.1) is 11.8 Å². The van der Waals surface area contributed by atoms with Crippen LogP contribution in [0.25, 0.3) is 5.76 Å². The average molecular weight is 682 g/mol. The summed E-state index contributed by atoms with van der Waals surface area (Å²) in [6.45, 7) is 5.62. The largest absolute Gasteiger partial charge is 0.508 e. The molecule has 1 aromatic rings. The van der Waals surface area contributed by atoms with Crippen molar-refractivity contribution in [3.05, 3.63) is 34.1 Å². The quantitative estimate of drug-likeness (QED) is 0.110. The Balaban J connectivity index is 0.00000111. The SMILES string of the molecule is CN(C)c1cc(NC(=O)CNC(C)(C)C)c(O)c2c1CC1CC3C(N(C)C)C(=O)C(C(N)=O)=C(O)C3(O)C(=O)C1=C2O.CS(=O)(=O)O. The lowest BCUT2D eigenvalue weighted by molar-refractivity contribution is -0.153. The van der Waals surface area contributed by atoms with Crippen molar-refractivity contribution < 1.29 is 52.6 Å². The molecule has 1 aromatic carbocycles. The monoisotopic (exact) mass is 681 g/mol. The Hall–Kier alpha value is -4.03. The third-order valence-corrected chi connectivity index (χ3v) is 8.23. The molecule has 0 saturated heterocycles. The molecular weight excluding hydrogens is 638 g/mol. The maximum atomic E-state index is 14.0. The number of amides is 2. The summed E-state index contributed by atoms with van der Waals surface area (Å²) in [5.74, 6) is -7.79. The number of carbonyl (C=O) groups excluding carboxylic acids is 4. The average Bonchev–Trinajstić information content (AvgIpc) is 2.89. The van der Waals surface area contributed by atoms with Gasteiger partial charge in [-0.05, 0) is 65.3 Å². The van der Waals surface area contributed by atoms with Crippen LogP contribution in [0.3, 0.4) is 0 Å². The summed E-state index contributed by atoms with van der Waals surface area (Å²) in [6, 6.07) is 0.409. The van der Waals surface area contributed by atoms with Gasteiger partial charge in [0, 0.05) is 36.8 Å². The number of phenols is 1. The number of primary amides is 1. The number of aromatic hydroxyl groups is 1. The van der Waals surface area contributed by atoms with Crippen LogP contribution in [-0.2, 0) is 35.7 Å². The first-order valence-corrected chi connectivity index (χ1v) is 16.4. The van der Waals surface area contributed by atoms with Crippen molar-refractivity contribution in [3.8, 4) is 5.75 Å². The van der Waals surface area contributed by atoms with E-state index in [0.717, 1.165) is 0 Å². The van der Waals surface area contributed by atoms with Gasteiger partial charge in [-0.25, -0.2) is 0 Å². The predicted molar refractivity (Wildman–Crippen MR) is 172 cm³/mol. The van der Waals surface area contributed by atoms with Crippen LogP contribution in [0.4, 0.5) is 11.4 Å². The molecule has 4 unspecified atom stereocenters. The van der Waals surface area contributed by atoms with Gasteiger partial charge in [-0.1, -0.05) is 0 Å². The lowest BCUT2D eigenvalue weighted by atomic mass is 9.57. The third kappa shape index (κ3) is 7.28. The molecule has 2 amide bonds.